The van der Waals surface area contributed by atoms with E-state index in [2.05, 4.69) is 14.8 Å². The number of rotatable bonds is 6. The minimum atomic E-state index is -3.62. The molecule has 2 rings (SSSR count). The van der Waals surface area contributed by atoms with Crippen LogP contribution in [0.1, 0.15) is 11.1 Å². The van der Waals surface area contributed by atoms with Gasteiger partial charge in [0.25, 0.3) is 10.0 Å². The van der Waals surface area contributed by atoms with E-state index in [1.54, 1.807) is 17.9 Å². The van der Waals surface area contributed by atoms with E-state index in [4.69, 9.17) is 5.11 Å². The van der Waals surface area contributed by atoms with Crippen molar-refractivity contribution < 1.29 is 13.5 Å². The van der Waals surface area contributed by atoms with E-state index in [1.165, 1.54) is 18.3 Å². The van der Waals surface area contributed by atoms with Crippen molar-refractivity contribution in [3.8, 4) is 0 Å². The molecule has 7 nitrogen and oxygen atoms in total. The van der Waals surface area contributed by atoms with Crippen molar-refractivity contribution in [2.75, 3.05) is 6.54 Å². The average molecular weight is 296 g/mol. The van der Waals surface area contributed by atoms with E-state index < -0.39 is 10.0 Å². The lowest BCUT2D eigenvalue weighted by atomic mass is 10.3. The summed E-state index contributed by atoms with van der Waals surface area (Å²) in [5.74, 6) is 0. The fourth-order valence-electron chi connectivity index (χ4n) is 1.67. The molecule has 0 bridgehead atoms. The Labute approximate surface area is 117 Å². The minimum absolute atomic E-state index is 0.0547. The molecule has 2 heterocycles. The van der Waals surface area contributed by atoms with Crippen molar-refractivity contribution in [1.29, 1.82) is 0 Å². The van der Waals surface area contributed by atoms with Gasteiger partial charge < -0.3 is 5.11 Å². The van der Waals surface area contributed by atoms with Crippen LogP contribution < -0.4 is 4.72 Å². The first kappa shape index (κ1) is 14.6. The lowest BCUT2D eigenvalue weighted by molar-refractivity contribution is 0.281. The monoisotopic (exact) mass is 296 g/mol. The van der Waals surface area contributed by atoms with Gasteiger partial charge in [-0.15, -0.1) is 0 Å². The maximum atomic E-state index is 12.0. The average Bonchev–Trinajstić information content (AvgIpc) is 2.84. The topological polar surface area (TPSA) is 97.1 Å². The molecule has 0 saturated heterocycles. The Balaban J connectivity index is 1.96. The second kappa shape index (κ2) is 6.12. The Kier molecular flexibility index (Phi) is 4.48. The number of aliphatic hydroxyl groups is 1. The highest BCUT2D eigenvalue weighted by atomic mass is 32.2. The smallest absolute Gasteiger partial charge is 0.258 e. The number of aromatic nitrogens is 3. The molecule has 0 amide bonds. The lowest BCUT2D eigenvalue weighted by Gasteiger charge is -2.05. The number of hydrogen-bond acceptors (Lipinski definition) is 5. The quantitative estimate of drug-likeness (QED) is 0.771. The molecule has 0 aliphatic rings. The van der Waals surface area contributed by atoms with E-state index in [9.17, 15) is 8.42 Å². The summed E-state index contributed by atoms with van der Waals surface area (Å²) in [4.78, 5) is 3.82. The van der Waals surface area contributed by atoms with Crippen LogP contribution in [0.3, 0.4) is 0 Å². The van der Waals surface area contributed by atoms with Gasteiger partial charge in [0, 0.05) is 26.0 Å². The maximum absolute atomic E-state index is 12.0. The van der Waals surface area contributed by atoms with Gasteiger partial charge in [0.15, 0.2) is 5.03 Å². The van der Waals surface area contributed by atoms with E-state index in [0.29, 0.717) is 12.0 Å². The first-order valence-electron chi connectivity index (χ1n) is 6.04. The second-order valence-electron chi connectivity index (χ2n) is 4.33. The number of hydrogen-bond donors (Lipinski definition) is 2. The van der Waals surface area contributed by atoms with Gasteiger partial charge >= 0.3 is 0 Å². The standard InChI is InChI=1S/C12H16N4O3S/c1-16-8-10(7-14-16)4-5-15-20(18,19)12-3-2-11(9-17)6-13-12/h2-3,6-8,15,17H,4-5,9H2,1H3. The highest BCUT2D eigenvalue weighted by Gasteiger charge is 2.14. The largest absolute Gasteiger partial charge is 0.392 e. The number of aliphatic hydroxyl groups excluding tert-OH is 1. The van der Waals surface area contributed by atoms with Crippen LogP contribution in [0.5, 0.6) is 0 Å². The highest BCUT2D eigenvalue weighted by Crippen LogP contribution is 2.07. The third-order valence-corrected chi connectivity index (χ3v) is 4.10. The molecule has 0 atom stereocenters. The summed E-state index contributed by atoms with van der Waals surface area (Å²) in [6.45, 7) is 0.110. The Morgan fingerprint density at radius 2 is 2.10 bits per heavy atom. The molecule has 2 aromatic rings. The van der Waals surface area contributed by atoms with Gasteiger partial charge in [0.05, 0.1) is 12.8 Å². The summed E-state index contributed by atoms with van der Waals surface area (Å²) in [5, 5.41) is 12.8. The molecular formula is C12H16N4O3S. The van der Waals surface area contributed by atoms with Crippen molar-refractivity contribution in [2.45, 2.75) is 18.1 Å². The van der Waals surface area contributed by atoms with Gasteiger partial charge in [-0.2, -0.15) is 5.10 Å². The predicted octanol–water partition coefficient (Wildman–Crippen LogP) is -0.172. The molecule has 0 spiro atoms. The Morgan fingerprint density at radius 3 is 2.65 bits per heavy atom. The van der Waals surface area contributed by atoms with Crippen LogP contribution in [0.25, 0.3) is 0 Å². The van der Waals surface area contributed by atoms with Gasteiger partial charge in [-0.1, -0.05) is 6.07 Å². The molecule has 2 N–H and O–H groups in total. The summed E-state index contributed by atoms with van der Waals surface area (Å²) >= 11 is 0. The molecule has 108 valence electrons. The van der Waals surface area contributed by atoms with Crippen molar-refractivity contribution >= 4 is 10.0 Å². The molecule has 8 heteroatoms. The van der Waals surface area contributed by atoms with Crippen molar-refractivity contribution in [2.24, 2.45) is 7.05 Å². The second-order valence-corrected chi connectivity index (χ2v) is 6.05. The van der Waals surface area contributed by atoms with Crippen LogP contribution in [0.2, 0.25) is 0 Å². The first-order chi connectivity index (χ1) is 9.51. The summed E-state index contributed by atoms with van der Waals surface area (Å²) in [6, 6.07) is 2.90. The third kappa shape index (κ3) is 3.62. The number of nitrogens with zero attached hydrogens (tertiary/aromatic N) is 3. The van der Waals surface area contributed by atoms with Crippen LogP contribution in [-0.4, -0.2) is 34.8 Å². The number of aryl methyl sites for hydroxylation is 1. The molecule has 0 aliphatic carbocycles. The normalized spacial score (nSPS) is 11.7. The van der Waals surface area contributed by atoms with Crippen LogP contribution in [0.4, 0.5) is 0 Å². The zero-order valence-corrected chi connectivity index (χ0v) is 11.8. The summed E-state index contributed by atoms with van der Waals surface area (Å²) in [5.41, 5.74) is 1.53. The van der Waals surface area contributed by atoms with Gasteiger partial charge in [0.1, 0.15) is 0 Å². The van der Waals surface area contributed by atoms with Crippen LogP contribution >= 0.6 is 0 Å². The fraction of sp³-hybridized carbons (Fsp3) is 0.333. The number of sulfonamides is 1. The van der Waals surface area contributed by atoms with Gasteiger partial charge in [-0.05, 0) is 23.6 Å². The fourth-order valence-corrected chi connectivity index (χ4v) is 2.63. The van der Waals surface area contributed by atoms with Crippen LogP contribution in [0.15, 0.2) is 35.7 Å². The zero-order valence-electron chi connectivity index (χ0n) is 11.0. The van der Waals surface area contributed by atoms with E-state index in [1.807, 2.05) is 6.20 Å². The minimum Gasteiger partial charge on any atom is -0.392 e. The number of nitrogens with one attached hydrogen (secondary N) is 1. The van der Waals surface area contributed by atoms with Crippen molar-refractivity contribution in [3.63, 3.8) is 0 Å². The highest BCUT2D eigenvalue weighted by molar-refractivity contribution is 7.89. The summed E-state index contributed by atoms with van der Waals surface area (Å²) < 4.78 is 28.1. The molecule has 2 aromatic heterocycles. The maximum Gasteiger partial charge on any atom is 0.258 e. The molecule has 0 fully saturated rings. The molecule has 0 saturated carbocycles. The van der Waals surface area contributed by atoms with Crippen LogP contribution in [0, 0.1) is 0 Å². The molecule has 20 heavy (non-hydrogen) atoms. The lowest BCUT2D eigenvalue weighted by Crippen LogP contribution is -2.26. The SMILES string of the molecule is Cn1cc(CCNS(=O)(=O)c2ccc(CO)cn2)cn1. The molecule has 0 unspecified atom stereocenters. The number of pyridine rings is 1. The van der Waals surface area contributed by atoms with Gasteiger partial charge in [-0.3, -0.25) is 4.68 Å². The first-order valence-corrected chi connectivity index (χ1v) is 7.52. The Bertz CT molecular complexity index is 664. The van der Waals surface area contributed by atoms with E-state index in [-0.39, 0.29) is 18.2 Å². The predicted molar refractivity (Wildman–Crippen MR) is 72.3 cm³/mol. The van der Waals surface area contributed by atoms with E-state index in [0.717, 1.165) is 5.56 Å². The third-order valence-electron chi connectivity index (χ3n) is 2.72. The van der Waals surface area contributed by atoms with Crippen LogP contribution in [-0.2, 0) is 30.1 Å². The molecular weight excluding hydrogens is 280 g/mol. The van der Waals surface area contributed by atoms with Crippen molar-refractivity contribution in [3.05, 3.63) is 41.9 Å². The zero-order chi connectivity index (χ0) is 14.6. The molecule has 0 aliphatic heterocycles. The Morgan fingerprint density at radius 1 is 1.30 bits per heavy atom. The molecule has 0 radical (unpaired) electrons. The summed E-state index contributed by atoms with van der Waals surface area (Å²) in [7, 11) is -1.81. The molecule has 0 aromatic carbocycles. The summed E-state index contributed by atoms with van der Waals surface area (Å²) in [6.07, 6.45) is 5.43. The van der Waals surface area contributed by atoms with Gasteiger partial charge in [0.2, 0.25) is 0 Å². The Hall–Kier alpha value is -1.77. The van der Waals surface area contributed by atoms with Gasteiger partial charge in [-0.25, -0.2) is 18.1 Å². The van der Waals surface area contributed by atoms with Crippen molar-refractivity contribution in [1.82, 2.24) is 19.5 Å². The van der Waals surface area contributed by atoms with E-state index >= 15 is 0 Å².